The van der Waals surface area contributed by atoms with Crippen molar-refractivity contribution in [3.8, 4) is 0 Å². The normalized spacial score (nSPS) is 55.4. The van der Waals surface area contributed by atoms with Crippen molar-refractivity contribution in [2.45, 2.75) is 75.4 Å². The van der Waals surface area contributed by atoms with E-state index >= 15 is 0 Å². The zero-order valence-electron chi connectivity index (χ0n) is 12.2. The van der Waals surface area contributed by atoms with Gasteiger partial charge >= 0.3 is 0 Å². The lowest BCUT2D eigenvalue weighted by atomic mass is 9.53. The molecule has 3 unspecified atom stereocenters. The summed E-state index contributed by atoms with van der Waals surface area (Å²) in [4.78, 5) is 12.8. The standard InChI is InChI=1S/C17H26N2O/c20-16(14-6-13-1-2-15(14)18-13)19-17-7-10-3-11(8-17)5-12(4-10)9-17/h10-15,18H,1-9H2,(H,19,20). The predicted octanol–water partition coefficient (Wildman–Crippen LogP) is 2.21. The second kappa shape index (κ2) is 4.00. The Kier molecular flexibility index (Phi) is 2.40. The molecule has 6 aliphatic rings. The summed E-state index contributed by atoms with van der Waals surface area (Å²) in [5.41, 5.74) is 0.202. The van der Waals surface area contributed by atoms with Crippen molar-refractivity contribution < 1.29 is 4.79 Å². The van der Waals surface area contributed by atoms with Gasteiger partial charge in [0, 0.05) is 17.6 Å². The zero-order valence-corrected chi connectivity index (χ0v) is 12.2. The minimum atomic E-state index is 0.202. The van der Waals surface area contributed by atoms with Crippen LogP contribution in [-0.4, -0.2) is 23.5 Å². The van der Waals surface area contributed by atoms with Crippen molar-refractivity contribution in [1.82, 2.24) is 10.6 Å². The van der Waals surface area contributed by atoms with Gasteiger partial charge in [-0.05, 0) is 75.5 Å². The van der Waals surface area contributed by atoms with Crippen LogP contribution in [0.25, 0.3) is 0 Å². The van der Waals surface area contributed by atoms with E-state index in [4.69, 9.17) is 0 Å². The van der Waals surface area contributed by atoms with Crippen LogP contribution in [0.1, 0.15) is 57.8 Å². The quantitative estimate of drug-likeness (QED) is 0.810. The Balaban J connectivity index is 1.33. The molecule has 0 spiro atoms. The SMILES string of the molecule is O=C(NC12CC3CC(CC(C3)C1)C2)C1CC2CCC1N2. The Morgan fingerprint density at radius 1 is 0.950 bits per heavy atom. The molecule has 1 amide bonds. The van der Waals surface area contributed by atoms with Crippen molar-refractivity contribution in [2.24, 2.45) is 23.7 Å². The summed E-state index contributed by atoms with van der Waals surface area (Å²) in [5, 5.41) is 7.18. The van der Waals surface area contributed by atoms with Gasteiger partial charge in [-0.3, -0.25) is 4.79 Å². The van der Waals surface area contributed by atoms with Crippen molar-refractivity contribution in [1.29, 1.82) is 0 Å². The van der Waals surface area contributed by atoms with Crippen LogP contribution in [0.3, 0.4) is 0 Å². The molecular formula is C17H26N2O. The second-order valence-corrected chi connectivity index (χ2v) is 8.58. The Morgan fingerprint density at radius 3 is 2.10 bits per heavy atom. The van der Waals surface area contributed by atoms with Crippen LogP contribution >= 0.6 is 0 Å². The van der Waals surface area contributed by atoms with Gasteiger partial charge < -0.3 is 10.6 Å². The van der Waals surface area contributed by atoms with E-state index in [0.717, 1.165) is 24.2 Å². The molecule has 20 heavy (non-hydrogen) atoms. The Labute approximate surface area is 121 Å². The highest BCUT2D eigenvalue weighted by molar-refractivity contribution is 5.81. The average molecular weight is 274 g/mol. The van der Waals surface area contributed by atoms with Crippen LogP contribution in [-0.2, 0) is 4.79 Å². The minimum Gasteiger partial charge on any atom is -0.350 e. The third-order valence-corrected chi connectivity index (χ3v) is 7.06. The van der Waals surface area contributed by atoms with Gasteiger partial charge in [0.05, 0.1) is 5.92 Å². The Bertz CT molecular complexity index is 411. The molecule has 0 radical (unpaired) electrons. The smallest absolute Gasteiger partial charge is 0.225 e. The van der Waals surface area contributed by atoms with E-state index in [1.165, 1.54) is 51.4 Å². The maximum absolute atomic E-state index is 12.8. The maximum Gasteiger partial charge on any atom is 0.225 e. The fourth-order valence-corrected chi connectivity index (χ4v) is 6.73. The van der Waals surface area contributed by atoms with Crippen molar-refractivity contribution in [3.05, 3.63) is 0 Å². The molecular weight excluding hydrogens is 248 g/mol. The molecule has 6 bridgehead atoms. The molecule has 2 heterocycles. The van der Waals surface area contributed by atoms with E-state index in [1.54, 1.807) is 0 Å². The zero-order chi connectivity index (χ0) is 13.3. The molecule has 0 aromatic carbocycles. The lowest BCUT2D eigenvalue weighted by Crippen LogP contribution is -2.61. The Morgan fingerprint density at radius 2 is 1.60 bits per heavy atom. The lowest BCUT2D eigenvalue weighted by Gasteiger charge is -2.57. The van der Waals surface area contributed by atoms with Gasteiger partial charge in [-0.1, -0.05) is 0 Å². The highest BCUT2D eigenvalue weighted by Crippen LogP contribution is 2.55. The summed E-state index contributed by atoms with van der Waals surface area (Å²) in [5.74, 6) is 3.40. The van der Waals surface area contributed by atoms with Gasteiger partial charge in [0.2, 0.25) is 5.91 Å². The van der Waals surface area contributed by atoms with Crippen LogP contribution < -0.4 is 10.6 Å². The topological polar surface area (TPSA) is 41.1 Å². The number of fused-ring (bicyclic) bond motifs is 2. The van der Waals surface area contributed by atoms with E-state index in [-0.39, 0.29) is 11.5 Å². The first-order chi connectivity index (χ1) is 9.69. The number of nitrogens with one attached hydrogen (secondary N) is 2. The van der Waals surface area contributed by atoms with Gasteiger partial charge in [0.15, 0.2) is 0 Å². The van der Waals surface area contributed by atoms with Crippen LogP contribution in [0.15, 0.2) is 0 Å². The fraction of sp³-hybridized carbons (Fsp3) is 0.941. The molecule has 110 valence electrons. The number of rotatable bonds is 2. The lowest BCUT2D eigenvalue weighted by molar-refractivity contribution is -0.131. The van der Waals surface area contributed by atoms with Crippen molar-refractivity contribution in [2.75, 3.05) is 0 Å². The molecule has 2 saturated heterocycles. The molecule has 2 aliphatic heterocycles. The summed E-state index contributed by atoms with van der Waals surface area (Å²) < 4.78 is 0. The first-order valence-corrected chi connectivity index (χ1v) is 8.77. The van der Waals surface area contributed by atoms with Crippen LogP contribution in [0, 0.1) is 23.7 Å². The monoisotopic (exact) mass is 274 g/mol. The van der Waals surface area contributed by atoms with Gasteiger partial charge in [-0.25, -0.2) is 0 Å². The average Bonchev–Trinajstić information content (AvgIpc) is 2.98. The summed E-state index contributed by atoms with van der Waals surface area (Å²) >= 11 is 0. The number of amides is 1. The van der Waals surface area contributed by atoms with E-state index in [1.807, 2.05) is 0 Å². The molecule has 2 N–H and O–H groups in total. The number of hydrogen-bond donors (Lipinski definition) is 2. The third kappa shape index (κ3) is 1.71. The molecule has 0 aromatic heterocycles. The molecule has 3 atom stereocenters. The minimum absolute atomic E-state index is 0.202. The predicted molar refractivity (Wildman–Crippen MR) is 77.1 cm³/mol. The fourth-order valence-electron chi connectivity index (χ4n) is 6.73. The number of hydrogen-bond acceptors (Lipinski definition) is 2. The van der Waals surface area contributed by atoms with Crippen molar-refractivity contribution in [3.63, 3.8) is 0 Å². The van der Waals surface area contributed by atoms with E-state index < -0.39 is 0 Å². The largest absolute Gasteiger partial charge is 0.350 e. The highest BCUT2D eigenvalue weighted by atomic mass is 16.2. The third-order valence-electron chi connectivity index (χ3n) is 7.06. The second-order valence-electron chi connectivity index (χ2n) is 8.58. The van der Waals surface area contributed by atoms with Crippen molar-refractivity contribution >= 4 is 5.91 Å². The summed E-state index contributed by atoms with van der Waals surface area (Å²) in [6, 6.07) is 1.11. The number of carbonyl (C=O) groups excluding carboxylic acids is 1. The molecule has 0 aromatic rings. The molecule has 3 heteroatoms. The molecule has 3 nitrogen and oxygen atoms in total. The molecule has 6 fully saturated rings. The maximum atomic E-state index is 12.8. The highest BCUT2D eigenvalue weighted by Gasteiger charge is 2.53. The van der Waals surface area contributed by atoms with Crippen LogP contribution in [0.2, 0.25) is 0 Å². The van der Waals surface area contributed by atoms with Gasteiger partial charge in [-0.15, -0.1) is 0 Å². The van der Waals surface area contributed by atoms with E-state index in [0.29, 0.717) is 18.0 Å². The summed E-state index contributed by atoms with van der Waals surface area (Å²) in [7, 11) is 0. The summed E-state index contributed by atoms with van der Waals surface area (Å²) in [6.07, 6.45) is 11.8. The first-order valence-electron chi connectivity index (χ1n) is 8.77. The van der Waals surface area contributed by atoms with Gasteiger partial charge in [0.1, 0.15) is 0 Å². The van der Waals surface area contributed by atoms with Gasteiger partial charge in [0.25, 0.3) is 0 Å². The molecule has 6 rings (SSSR count). The summed E-state index contributed by atoms with van der Waals surface area (Å²) in [6.45, 7) is 0. The van der Waals surface area contributed by atoms with Gasteiger partial charge in [-0.2, -0.15) is 0 Å². The van der Waals surface area contributed by atoms with Crippen LogP contribution in [0.5, 0.6) is 0 Å². The first kappa shape index (κ1) is 12.0. The Hall–Kier alpha value is -0.570. The number of carbonyl (C=O) groups is 1. The van der Waals surface area contributed by atoms with E-state index in [2.05, 4.69) is 10.6 Å². The van der Waals surface area contributed by atoms with Crippen LogP contribution in [0.4, 0.5) is 0 Å². The molecule has 4 saturated carbocycles. The molecule has 4 aliphatic carbocycles. The van der Waals surface area contributed by atoms with E-state index in [9.17, 15) is 4.79 Å².